The van der Waals surface area contributed by atoms with E-state index < -0.39 is 0 Å². The number of H-pyrrole nitrogens is 2. The maximum Gasteiger partial charge on any atom is 0.323 e. The number of aromatic nitrogens is 2. The molecule has 27 heavy (non-hydrogen) atoms. The van der Waals surface area contributed by atoms with Gasteiger partial charge in [-0.25, -0.2) is 4.79 Å². The second-order valence-electron chi connectivity index (χ2n) is 6.47. The maximum absolute atomic E-state index is 12.9. The van der Waals surface area contributed by atoms with E-state index in [1.54, 1.807) is 32.2 Å². The van der Waals surface area contributed by atoms with Crippen LogP contribution >= 0.6 is 0 Å². The van der Waals surface area contributed by atoms with Crippen LogP contribution in [0.1, 0.15) is 34.6 Å². The SMILES string of the molecule is COc1ccc2oc(C)c(C(=O)N[C@@H](C)c3ccc4[nH]c(=O)[nH]c4c3)c2c1. The predicted octanol–water partition coefficient (Wildman–Crippen LogP) is 3.41. The zero-order chi connectivity index (χ0) is 19.1. The summed E-state index contributed by atoms with van der Waals surface area (Å²) in [6.07, 6.45) is 0. The lowest BCUT2D eigenvalue weighted by atomic mass is 10.1. The van der Waals surface area contributed by atoms with Crippen LogP contribution in [0.2, 0.25) is 0 Å². The molecule has 2 aromatic carbocycles. The van der Waals surface area contributed by atoms with E-state index in [9.17, 15) is 9.59 Å². The first-order chi connectivity index (χ1) is 13.0. The van der Waals surface area contributed by atoms with E-state index in [1.807, 2.05) is 25.1 Å². The molecule has 4 rings (SSSR count). The minimum Gasteiger partial charge on any atom is -0.497 e. The molecule has 0 aliphatic heterocycles. The van der Waals surface area contributed by atoms with Crippen molar-refractivity contribution in [3.8, 4) is 5.75 Å². The summed E-state index contributed by atoms with van der Waals surface area (Å²) < 4.78 is 11.0. The van der Waals surface area contributed by atoms with Crippen LogP contribution in [0.25, 0.3) is 22.0 Å². The topological polar surface area (TPSA) is 100 Å². The molecular formula is C20H19N3O4. The molecule has 1 amide bonds. The molecule has 7 heteroatoms. The normalized spacial score (nSPS) is 12.4. The van der Waals surface area contributed by atoms with E-state index in [1.165, 1.54) is 0 Å². The first kappa shape index (κ1) is 17.0. The van der Waals surface area contributed by atoms with Crippen LogP contribution in [0.4, 0.5) is 0 Å². The Morgan fingerprint density at radius 2 is 1.93 bits per heavy atom. The second-order valence-corrected chi connectivity index (χ2v) is 6.47. The standard InChI is InChI=1S/C20H19N3O4/c1-10(12-4-6-15-16(8-12)23-20(25)22-15)21-19(24)18-11(2)27-17-7-5-13(26-3)9-14(17)18/h4-10H,1-3H3,(H,21,24)(H2,22,23,25)/t10-/m0/s1. The fraction of sp³-hybridized carbons (Fsp3) is 0.200. The number of hydrogen-bond acceptors (Lipinski definition) is 4. The number of methoxy groups -OCH3 is 1. The molecular weight excluding hydrogens is 346 g/mol. The fourth-order valence-electron chi connectivity index (χ4n) is 3.28. The summed E-state index contributed by atoms with van der Waals surface area (Å²) in [7, 11) is 1.58. The molecule has 0 spiro atoms. The van der Waals surface area contributed by atoms with Crippen molar-refractivity contribution in [3.63, 3.8) is 0 Å². The minimum absolute atomic E-state index is 0.227. The van der Waals surface area contributed by atoms with Gasteiger partial charge in [0.05, 0.1) is 29.7 Å². The van der Waals surface area contributed by atoms with Crippen LogP contribution in [0.5, 0.6) is 5.75 Å². The summed E-state index contributed by atoms with van der Waals surface area (Å²) >= 11 is 0. The number of hydrogen-bond donors (Lipinski definition) is 3. The minimum atomic E-state index is -0.256. The Hall–Kier alpha value is -3.48. The van der Waals surface area contributed by atoms with E-state index in [2.05, 4.69) is 15.3 Å². The van der Waals surface area contributed by atoms with Crippen molar-refractivity contribution < 1.29 is 13.9 Å². The number of furan rings is 1. The number of benzene rings is 2. The van der Waals surface area contributed by atoms with Crippen molar-refractivity contribution in [2.75, 3.05) is 7.11 Å². The van der Waals surface area contributed by atoms with Crippen molar-refractivity contribution in [2.45, 2.75) is 19.9 Å². The van der Waals surface area contributed by atoms with E-state index in [0.717, 1.165) is 11.1 Å². The molecule has 0 aliphatic carbocycles. The molecule has 3 N–H and O–H groups in total. The van der Waals surface area contributed by atoms with Crippen molar-refractivity contribution in [1.82, 2.24) is 15.3 Å². The molecule has 2 heterocycles. The van der Waals surface area contributed by atoms with Gasteiger partial charge in [-0.15, -0.1) is 0 Å². The molecule has 7 nitrogen and oxygen atoms in total. The van der Waals surface area contributed by atoms with Gasteiger partial charge in [-0.1, -0.05) is 6.07 Å². The van der Waals surface area contributed by atoms with Gasteiger partial charge in [-0.2, -0.15) is 0 Å². The van der Waals surface area contributed by atoms with Crippen molar-refractivity contribution >= 4 is 27.9 Å². The number of fused-ring (bicyclic) bond motifs is 2. The zero-order valence-electron chi connectivity index (χ0n) is 15.2. The summed E-state index contributed by atoms with van der Waals surface area (Å²) in [5.74, 6) is 0.982. The molecule has 1 atom stereocenters. The van der Waals surface area contributed by atoms with E-state index in [-0.39, 0.29) is 17.6 Å². The third-order valence-electron chi connectivity index (χ3n) is 4.69. The van der Waals surface area contributed by atoms with Crippen LogP contribution < -0.4 is 15.7 Å². The van der Waals surface area contributed by atoms with Crippen LogP contribution in [0.15, 0.2) is 45.6 Å². The Kier molecular flexibility index (Phi) is 3.99. The number of ether oxygens (including phenoxy) is 1. The van der Waals surface area contributed by atoms with Gasteiger partial charge < -0.3 is 24.4 Å². The highest BCUT2D eigenvalue weighted by atomic mass is 16.5. The summed E-state index contributed by atoms with van der Waals surface area (Å²) in [4.78, 5) is 29.8. The highest BCUT2D eigenvalue weighted by molar-refractivity contribution is 6.07. The summed E-state index contributed by atoms with van der Waals surface area (Å²) in [5.41, 5.74) is 3.19. The summed E-state index contributed by atoms with van der Waals surface area (Å²) in [6, 6.07) is 10.7. The number of imidazole rings is 1. The van der Waals surface area contributed by atoms with Crippen molar-refractivity contribution in [2.24, 2.45) is 0 Å². The van der Waals surface area contributed by atoms with Gasteiger partial charge in [0, 0.05) is 5.39 Å². The smallest absolute Gasteiger partial charge is 0.323 e. The Balaban J connectivity index is 1.65. The number of amides is 1. The number of rotatable bonds is 4. The highest BCUT2D eigenvalue weighted by Gasteiger charge is 2.21. The molecule has 2 aromatic heterocycles. The van der Waals surface area contributed by atoms with Gasteiger partial charge in [-0.3, -0.25) is 4.79 Å². The number of carbonyl (C=O) groups excluding carboxylic acids is 1. The second kappa shape index (κ2) is 6.35. The predicted molar refractivity (Wildman–Crippen MR) is 102 cm³/mol. The molecule has 0 unspecified atom stereocenters. The average molecular weight is 365 g/mol. The lowest BCUT2D eigenvalue weighted by molar-refractivity contribution is 0.0940. The Labute approximate surface area is 154 Å². The molecule has 0 fully saturated rings. The molecule has 0 radical (unpaired) electrons. The fourth-order valence-corrected chi connectivity index (χ4v) is 3.28. The third kappa shape index (κ3) is 2.97. The van der Waals surface area contributed by atoms with Crippen LogP contribution in [0, 0.1) is 6.92 Å². The van der Waals surface area contributed by atoms with Crippen molar-refractivity contribution in [3.05, 3.63) is 63.8 Å². The quantitative estimate of drug-likeness (QED) is 0.516. The van der Waals surface area contributed by atoms with Crippen LogP contribution in [-0.4, -0.2) is 23.0 Å². The van der Waals surface area contributed by atoms with Gasteiger partial charge in [0.2, 0.25) is 0 Å². The number of aromatic amines is 2. The van der Waals surface area contributed by atoms with Crippen LogP contribution in [-0.2, 0) is 0 Å². The Morgan fingerprint density at radius 1 is 1.15 bits per heavy atom. The number of nitrogens with one attached hydrogen (secondary N) is 3. The molecule has 138 valence electrons. The molecule has 0 saturated carbocycles. The molecule has 4 aromatic rings. The first-order valence-corrected chi connectivity index (χ1v) is 8.56. The zero-order valence-corrected chi connectivity index (χ0v) is 15.2. The summed E-state index contributed by atoms with van der Waals surface area (Å²) in [6.45, 7) is 3.66. The Morgan fingerprint density at radius 3 is 2.70 bits per heavy atom. The number of carbonyl (C=O) groups is 1. The average Bonchev–Trinajstić information content (AvgIpc) is 3.17. The van der Waals surface area contributed by atoms with E-state index >= 15 is 0 Å². The van der Waals surface area contributed by atoms with E-state index in [0.29, 0.717) is 33.6 Å². The summed E-state index contributed by atoms with van der Waals surface area (Å²) in [5, 5.41) is 3.71. The largest absolute Gasteiger partial charge is 0.497 e. The highest BCUT2D eigenvalue weighted by Crippen LogP contribution is 2.29. The van der Waals surface area contributed by atoms with Gasteiger partial charge in [0.25, 0.3) is 5.91 Å². The van der Waals surface area contributed by atoms with Crippen LogP contribution in [0.3, 0.4) is 0 Å². The van der Waals surface area contributed by atoms with Gasteiger partial charge in [0.1, 0.15) is 17.1 Å². The monoisotopic (exact) mass is 365 g/mol. The maximum atomic E-state index is 12.9. The number of aryl methyl sites for hydroxylation is 1. The van der Waals surface area contributed by atoms with Gasteiger partial charge >= 0.3 is 5.69 Å². The van der Waals surface area contributed by atoms with E-state index in [4.69, 9.17) is 9.15 Å². The first-order valence-electron chi connectivity index (χ1n) is 8.56. The Bertz CT molecular complexity index is 1220. The van der Waals surface area contributed by atoms with Crippen molar-refractivity contribution in [1.29, 1.82) is 0 Å². The third-order valence-corrected chi connectivity index (χ3v) is 4.69. The molecule has 0 saturated heterocycles. The lowest BCUT2D eigenvalue weighted by Gasteiger charge is -2.14. The van der Waals surface area contributed by atoms with Gasteiger partial charge in [0.15, 0.2) is 0 Å². The van der Waals surface area contributed by atoms with Gasteiger partial charge in [-0.05, 0) is 49.7 Å². The lowest BCUT2D eigenvalue weighted by Crippen LogP contribution is -2.27. The molecule has 0 aliphatic rings. The molecule has 0 bridgehead atoms.